The summed E-state index contributed by atoms with van der Waals surface area (Å²) in [6, 6.07) is 6.66. The zero-order valence-electron chi connectivity index (χ0n) is 23.2. The molecule has 40 heavy (non-hydrogen) atoms. The van der Waals surface area contributed by atoms with Gasteiger partial charge in [-0.2, -0.15) is 0 Å². The van der Waals surface area contributed by atoms with Crippen molar-refractivity contribution in [2.24, 2.45) is 0 Å². The first-order valence-corrected chi connectivity index (χ1v) is 13.5. The molecule has 1 saturated heterocycles. The van der Waals surface area contributed by atoms with Gasteiger partial charge in [0.05, 0.1) is 0 Å². The number of thioether (sulfide) groups is 1. The van der Waals surface area contributed by atoms with E-state index in [1.165, 1.54) is 27.7 Å². The van der Waals surface area contributed by atoms with E-state index in [9.17, 15) is 19.2 Å². The Bertz CT molecular complexity index is 1200. The molecule has 0 spiro atoms. The highest BCUT2D eigenvalue weighted by molar-refractivity contribution is 7.99. The molecule has 0 saturated carbocycles. The van der Waals surface area contributed by atoms with Crippen LogP contribution in [0.1, 0.15) is 46.0 Å². The summed E-state index contributed by atoms with van der Waals surface area (Å²) in [6.45, 7) is 9.18. The van der Waals surface area contributed by atoms with Crippen LogP contribution in [0.3, 0.4) is 0 Å². The summed E-state index contributed by atoms with van der Waals surface area (Å²) >= 11 is 1.12. The van der Waals surface area contributed by atoms with Crippen molar-refractivity contribution >= 4 is 35.6 Å². The zero-order chi connectivity index (χ0) is 29.4. The summed E-state index contributed by atoms with van der Waals surface area (Å²) in [7, 11) is 0. The molecule has 1 N–H and O–H groups in total. The van der Waals surface area contributed by atoms with E-state index in [4.69, 9.17) is 23.7 Å². The van der Waals surface area contributed by atoms with E-state index < -0.39 is 53.6 Å². The average molecular weight is 579 g/mol. The van der Waals surface area contributed by atoms with Crippen molar-refractivity contribution in [3.63, 3.8) is 0 Å². The highest BCUT2D eigenvalue weighted by atomic mass is 32.2. The highest BCUT2D eigenvalue weighted by Gasteiger charge is 2.51. The van der Waals surface area contributed by atoms with Crippen molar-refractivity contribution < 1.29 is 42.9 Å². The van der Waals surface area contributed by atoms with E-state index in [0.29, 0.717) is 23.3 Å². The topological polar surface area (TPSA) is 157 Å². The Morgan fingerprint density at radius 3 is 2.20 bits per heavy atom. The number of ether oxygens (including phenoxy) is 5. The molecular weight excluding hydrogens is 544 g/mol. The summed E-state index contributed by atoms with van der Waals surface area (Å²) in [5, 5.41) is 11.8. The predicted octanol–water partition coefficient (Wildman–Crippen LogP) is 1.93. The Kier molecular flexibility index (Phi) is 10.9. The summed E-state index contributed by atoms with van der Waals surface area (Å²) < 4.78 is 30.1. The quantitative estimate of drug-likeness (QED) is 0.306. The Balaban J connectivity index is 1.92. The number of aryl methyl sites for hydroxylation is 1. The Labute approximate surface area is 236 Å². The van der Waals surface area contributed by atoms with Crippen molar-refractivity contribution in [3.05, 3.63) is 35.7 Å². The number of hydrogen-bond donors (Lipinski definition) is 1. The molecule has 2 heterocycles. The minimum absolute atomic E-state index is 0.158. The van der Waals surface area contributed by atoms with Crippen LogP contribution in [-0.2, 0) is 51.3 Å². The molecule has 1 amide bonds. The summed E-state index contributed by atoms with van der Waals surface area (Å²) in [5.74, 6) is -1.10. The van der Waals surface area contributed by atoms with Crippen LogP contribution in [0, 0.1) is 6.92 Å². The van der Waals surface area contributed by atoms with Gasteiger partial charge in [0.15, 0.2) is 23.2 Å². The van der Waals surface area contributed by atoms with Gasteiger partial charge in [-0.15, -0.1) is 10.2 Å². The van der Waals surface area contributed by atoms with Gasteiger partial charge >= 0.3 is 17.9 Å². The molecule has 1 aliphatic rings. The van der Waals surface area contributed by atoms with Gasteiger partial charge in [0.1, 0.15) is 36.5 Å². The minimum atomic E-state index is -1.17. The maximum Gasteiger partial charge on any atom is 0.303 e. The van der Waals surface area contributed by atoms with Crippen LogP contribution < -0.4 is 10.1 Å². The number of nitrogens with one attached hydrogen (secondary N) is 1. The fourth-order valence-corrected chi connectivity index (χ4v) is 5.33. The standard InChI is InChI=1S/C26H34N4O9S/c1-7-30-21(13-36-19-10-8-14(2)9-11-19)28-29-26(30)40-25-22(27-15(3)31)24(38-18(6)34)23(37-17(5)33)20(39-25)12-35-16(4)32/h8-11,20,22-25H,7,12-13H2,1-6H3,(H,27,31)/t20-,22+,23+,24-,25-/m0/s1. The summed E-state index contributed by atoms with van der Waals surface area (Å²) in [6.07, 6.45) is -3.33. The zero-order valence-corrected chi connectivity index (χ0v) is 24.1. The molecule has 3 rings (SSSR count). The lowest BCUT2D eigenvalue weighted by Crippen LogP contribution is -2.65. The molecule has 5 atom stereocenters. The highest BCUT2D eigenvalue weighted by Crippen LogP contribution is 2.36. The molecule has 0 unspecified atom stereocenters. The van der Waals surface area contributed by atoms with Crippen molar-refractivity contribution in [3.8, 4) is 5.75 Å². The molecule has 1 aromatic carbocycles. The van der Waals surface area contributed by atoms with E-state index >= 15 is 0 Å². The number of hydrogen-bond acceptors (Lipinski definition) is 12. The van der Waals surface area contributed by atoms with Gasteiger partial charge in [-0.3, -0.25) is 19.2 Å². The van der Waals surface area contributed by atoms with E-state index in [2.05, 4.69) is 15.5 Å². The molecule has 1 aromatic heterocycles. The third-order valence-electron chi connectivity index (χ3n) is 5.79. The second-order valence-electron chi connectivity index (χ2n) is 9.08. The molecule has 0 radical (unpaired) electrons. The fraction of sp³-hybridized carbons (Fsp3) is 0.538. The van der Waals surface area contributed by atoms with Gasteiger partial charge in [-0.25, -0.2) is 0 Å². The van der Waals surface area contributed by atoms with Crippen LogP contribution in [0.25, 0.3) is 0 Å². The SMILES string of the molecule is CCn1c(COc2ccc(C)cc2)nnc1S[C@@H]1O[C@@H](COC(C)=O)[C@@H](OC(C)=O)[C@@H](OC(C)=O)[C@H]1NC(C)=O. The lowest BCUT2D eigenvalue weighted by atomic mass is 9.97. The van der Waals surface area contributed by atoms with E-state index in [1.807, 2.05) is 42.7 Å². The first-order chi connectivity index (χ1) is 19.0. The summed E-state index contributed by atoms with van der Waals surface area (Å²) in [4.78, 5) is 47.8. The molecule has 1 fully saturated rings. The number of carbonyl (C=O) groups excluding carboxylic acids is 4. The minimum Gasteiger partial charge on any atom is -0.486 e. The second-order valence-corrected chi connectivity index (χ2v) is 10.1. The molecular formula is C26H34N4O9S. The molecule has 218 valence electrons. The van der Waals surface area contributed by atoms with Gasteiger partial charge in [0.2, 0.25) is 5.91 Å². The summed E-state index contributed by atoms with van der Waals surface area (Å²) in [5.41, 5.74) is 0.208. The number of amides is 1. The number of rotatable bonds is 11. The van der Waals surface area contributed by atoms with Crippen LogP contribution in [0.15, 0.2) is 29.4 Å². The Morgan fingerprint density at radius 1 is 0.975 bits per heavy atom. The van der Waals surface area contributed by atoms with Crippen molar-refractivity contribution in [2.45, 2.75) is 89.6 Å². The second kappa shape index (κ2) is 14.1. The van der Waals surface area contributed by atoms with Gasteiger partial charge in [-0.05, 0) is 26.0 Å². The van der Waals surface area contributed by atoms with E-state index in [0.717, 1.165) is 17.3 Å². The lowest BCUT2D eigenvalue weighted by molar-refractivity contribution is -0.211. The van der Waals surface area contributed by atoms with Crippen molar-refractivity contribution in [1.82, 2.24) is 20.1 Å². The van der Waals surface area contributed by atoms with Crippen LogP contribution in [0.4, 0.5) is 0 Å². The fourth-order valence-electron chi connectivity index (χ4n) is 4.11. The van der Waals surface area contributed by atoms with Crippen LogP contribution in [0.5, 0.6) is 5.75 Å². The Morgan fingerprint density at radius 2 is 1.62 bits per heavy atom. The predicted molar refractivity (Wildman–Crippen MR) is 141 cm³/mol. The van der Waals surface area contributed by atoms with Crippen molar-refractivity contribution in [2.75, 3.05) is 6.61 Å². The largest absolute Gasteiger partial charge is 0.486 e. The van der Waals surface area contributed by atoms with Crippen LogP contribution >= 0.6 is 11.8 Å². The van der Waals surface area contributed by atoms with Gasteiger partial charge < -0.3 is 33.6 Å². The smallest absolute Gasteiger partial charge is 0.303 e. The number of benzene rings is 1. The van der Waals surface area contributed by atoms with Gasteiger partial charge in [-0.1, -0.05) is 29.5 Å². The normalized spacial score (nSPS) is 22.2. The first-order valence-electron chi connectivity index (χ1n) is 12.7. The number of carbonyl (C=O) groups is 4. The van der Waals surface area contributed by atoms with Gasteiger partial charge in [0.25, 0.3) is 0 Å². The van der Waals surface area contributed by atoms with Crippen LogP contribution in [-0.4, -0.2) is 75.0 Å². The lowest BCUT2D eigenvalue weighted by Gasteiger charge is -2.44. The molecule has 0 aliphatic carbocycles. The van der Waals surface area contributed by atoms with E-state index in [-0.39, 0.29) is 13.2 Å². The number of aromatic nitrogens is 3. The maximum atomic E-state index is 12.2. The maximum absolute atomic E-state index is 12.2. The molecule has 2 aromatic rings. The third kappa shape index (κ3) is 8.42. The molecule has 14 heteroatoms. The van der Waals surface area contributed by atoms with E-state index in [1.54, 1.807) is 0 Å². The number of esters is 3. The monoisotopic (exact) mass is 578 g/mol. The molecule has 13 nitrogen and oxygen atoms in total. The van der Waals surface area contributed by atoms with Gasteiger partial charge in [0, 0.05) is 34.2 Å². The Hall–Kier alpha value is -3.65. The molecule has 0 bridgehead atoms. The molecule has 1 aliphatic heterocycles. The number of nitrogens with zero attached hydrogens (tertiary/aromatic N) is 3. The van der Waals surface area contributed by atoms with Crippen LogP contribution in [0.2, 0.25) is 0 Å². The first kappa shape index (κ1) is 30.9. The van der Waals surface area contributed by atoms with Crippen molar-refractivity contribution in [1.29, 1.82) is 0 Å². The average Bonchev–Trinajstić information content (AvgIpc) is 3.26. The third-order valence-corrected chi connectivity index (χ3v) is 6.94.